The molecule has 242 valence electrons. The number of amides is 2. The maximum absolute atomic E-state index is 14.5. The van der Waals surface area contributed by atoms with Crippen LogP contribution in [0.2, 0.25) is 0 Å². The van der Waals surface area contributed by atoms with Crippen molar-refractivity contribution in [3.8, 4) is 5.75 Å². The third-order valence-electron chi connectivity index (χ3n) is 7.06. The van der Waals surface area contributed by atoms with Crippen molar-refractivity contribution in [3.05, 3.63) is 125 Å². The van der Waals surface area contributed by atoms with Crippen LogP contribution in [0.5, 0.6) is 5.75 Å². The highest BCUT2D eigenvalue weighted by atomic mass is 79.9. The molecule has 0 spiro atoms. The summed E-state index contributed by atoms with van der Waals surface area (Å²) in [5.74, 6) is -0.318. The zero-order valence-electron chi connectivity index (χ0n) is 26.5. The van der Waals surface area contributed by atoms with Crippen molar-refractivity contribution in [2.75, 3.05) is 17.5 Å². The molecule has 2 amide bonds. The Morgan fingerprint density at radius 3 is 2.04 bits per heavy atom. The summed E-state index contributed by atoms with van der Waals surface area (Å²) in [5, 5.41) is 3.04. The lowest BCUT2D eigenvalue weighted by Gasteiger charge is -2.35. The van der Waals surface area contributed by atoms with E-state index in [1.807, 2.05) is 82.3 Å². The Bertz CT molecular complexity index is 1710. The van der Waals surface area contributed by atoms with Gasteiger partial charge in [-0.2, -0.15) is 0 Å². The van der Waals surface area contributed by atoms with Gasteiger partial charge in [0.15, 0.2) is 0 Å². The molecule has 0 aliphatic heterocycles. The van der Waals surface area contributed by atoms with Crippen LogP contribution in [0.25, 0.3) is 0 Å². The van der Waals surface area contributed by atoms with Crippen molar-refractivity contribution < 1.29 is 22.7 Å². The SMILES string of the molecule is CCOc1ccc(S(=O)(=O)N(CC(=O)N(Cc2cccc(Br)c2)[C@H](Cc2ccccc2)C(=O)NC(C)(C)C)c2ccccc2)cc1. The van der Waals surface area contributed by atoms with Gasteiger partial charge in [0.2, 0.25) is 11.8 Å². The molecule has 0 aromatic heterocycles. The standard InChI is InChI=1S/C36H40BrN3O5S/c1-5-45-31-19-21-32(22-20-31)46(43,44)40(30-17-10-7-11-18-30)26-34(41)39(25-28-15-12-16-29(37)23-28)33(35(42)38-36(2,3)4)24-27-13-8-6-9-14-27/h6-23,33H,5,24-26H2,1-4H3,(H,38,42)/t33-/m1/s1. The molecule has 0 bridgehead atoms. The van der Waals surface area contributed by atoms with Crippen LogP contribution in [0, 0.1) is 0 Å². The number of benzene rings is 4. The number of carbonyl (C=O) groups is 2. The molecule has 0 unspecified atom stereocenters. The first-order valence-corrected chi connectivity index (χ1v) is 17.3. The molecule has 0 saturated heterocycles. The normalized spacial score (nSPS) is 12.2. The molecule has 4 aromatic rings. The fraction of sp³-hybridized carbons (Fsp3) is 0.278. The summed E-state index contributed by atoms with van der Waals surface area (Å²) in [6, 6.07) is 30.7. The Hall–Kier alpha value is -4.15. The zero-order chi connectivity index (χ0) is 33.3. The Labute approximate surface area is 280 Å². The second kappa shape index (κ2) is 15.4. The highest BCUT2D eigenvalue weighted by Gasteiger charge is 2.35. The van der Waals surface area contributed by atoms with E-state index in [9.17, 15) is 18.0 Å². The average Bonchev–Trinajstić information content (AvgIpc) is 3.02. The van der Waals surface area contributed by atoms with Gasteiger partial charge in [0.1, 0.15) is 18.3 Å². The van der Waals surface area contributed by atoms with Gasteiger partial charge in [-0.15, -0.1) is 0 Å². The molecule has 4 aromatic carbocycles. The number of hydrogen-bond acceptors (Lipinski definition) is 5. The Kier molecular flexibility index (Phi) is 11.6. The third-order valence-corrected chi connectivity index (χ3v) is 9.34. The zero-order valence-corrected chi connectivity index (χ0v) is 28.9. The predicted molar refractivity (Wildman–Crippen MR) is 185 cm³/mol. The molecule has 0 saturated carbocycles. The van der Waals surface area contributed by atoms with E-state index in [0.717, 1.165) is 19.9 Å². The first-order valence-electron chi connectivity index (χ1n) is 15.1. The minimum atomic E-state index is -4.21. The quantitative estimate of drug-likeness (QED) is 0.169. The second-order valence-electron chi connectivity index (χ2n) is 11.8. The Morgan fingerprint density at radius 2 is 1.46 bits per heavy atom. The van der Waals surface area contributed by atoms with Crippen molar-refractivity contribution in [1.82, 2.24) is 10.2 Å². The number of para-hydroxylation sites is 1. The number of ether oxygens (including phenoxy) is 1. The van der Waals surface area contributed by atoms with Gasteiger partial charge >= 0.3 is 0 Å². The summed E-state index contributed by atoms with van der Waals surface area (Å²) in [6.07, 6.45) is 0.236. The monoisotopic (exact) mass is 705 g/mol. The molecule has 4 rings (SSSR count). The van der Waals surface area contributed by atoms with Crippen LogP contribution in [0.15, 0.2) is 119 Å². The molecule has 46 heavy (non-hydrogen) atoms. The van der Waals surface area contributed by atoms with Crippen molar-refractivity contribution in [2.45, 2.75) is 57.1 Å². The fourth-order valence-electron chi connectivity index (χ4n) is 4.96. The van der Waals surface area contributed by atoms with Crippen molar-refractivity contribution in [3.63, 3.8) is 0 Å². The smallest absolute Gasteiger partial charge is 0.264 e. The fourth-order valence-corrected chi connectivity index (χ4v) is 6.82. The van der Waals surface area contributed by atoms with Crippen molar-refractivity contribution in [1.29, 1.82) is 0 Å². The molecule has 10 heteroatoms. The summed E-state index contributed by atoms with van der Waals surface area (Å²) in [6.45, 7) is 7.49. The maximum Gasteiger partial charge on any atom is 0.264 e. The number of rotatable bonds is 13. The largest absolute Gasteiger partial charge is 0.494 e. The summed E-state index contributed by atoms with van der Waals surface area (Å²) >= 11 is 3.51. The number of carbonyl (C=O) groups excluding carboxylic acids is 2. The number of sulfonamides is 1. The van der Waals surface area contributed by atoms with E-state index >= 15 is 0 Å². The first-order chi connectivity index (χ1) is 21.9. The minimum absolute atomic E-state index is 0.0115. The van der Waals surface area contributed by atoms with E-state index in [1.165, 1.54) is 17.0 Å². The molecule has 8 nitrogen and oxygen atoms in total. The lowest BCUT2D eigenvalue weighted by atomic mass is 10.0. The van der Waals surface area contributed by atoms with E-state index in [2.05, 4.69) is 21.2 Å². The summed E-state index contributed by atoms with van der Waals surface area (Å²) < 4.78 is 35.8. The van der Waals surface area contributed by atoms with Crippen LogP contribution in [0.1, 0.15) is 38.8 Å². The van der Waals surface area contributed by atoms with Gasteiger partial charge < -0.3 is 15.0 Å². The average molecular weight is 707 g/mol. The number of hydrogen-bond donors (Lipinski definition) is 1. The van der Waals surface area contributed by atoms with Gasteiger partial charge in [-0.25, -0.2) is 8.42 Å². The third kappa shape index (κ3) is 9.43. The molecular formula is C36H40BrN3O5S. The number of halogens is 1. The number of nitrogens with zero attached hydrogens (tertiary/aromatic N) is 2. The van der Waals surface area contributed by atoms with E-state index in [-0.39, 0.29) is 23.8 Å². The molecule has 1 atom stereocenters. The van der Waals surface area contributed by atoms with Gasteiger partial charge in [0.05, 0.1) is 17.2 Å². The van der Waals surface area contributed by atoms with E-state index < -0.39 is 34.1 Å². The molecule has 1 N–H and O–H groups in total. The van der Waals surface area contributed by atoms with E-state index in [0.29, 0.717) is 18.0 Å². The van der Waals surface area contributed by atoms with Crippen LogP contribution in [0.3, 0.4) is 0 Å². The molecule has 0 fully saturated rings. The van der Waals surface area contributed by atoms with Crippen LogP contribution in [-0.4, -0.2) is 49.9 Å². The van der Waals surface area contributed by atoms with Gasteiger partial charge in [0.25, 0.3) is 10.0 Å². The second-order valence-corrected chi connectivity index (χ2v) is 14.6. The highest BCUT2D eigenvalue weighted by Crippen LogP contribution is 2.26. The van der Waals surface area contributed by atoms with Gasteiger partial charge in [-0.05, 0) is 87.4 Å². The topological polar surface area (TPSA) is 96.0 Å². The predicted octanol–water partition coefficient (Wildman–Crippen LogP) is 6.60. The number of nitrogens with one attached hydrogen (secondary N) is 1. The van der Waals surface area contributed by atoms with Crippen LogP contribution < -0.4 is 14.4 Å². The lowest BCUT2D eigenvalue weighted by Crippen LogP contribution is -2.56. The van der Waals surface area contributed by atoms with Crippen molar-refractivity contribution in [2.24, 2.45) is 0 Å². The van der Waals surface area contributed by atoms with E-state index in [4.69, 9.17) is 4.74 Å². The first kappa shape index (κ1) is 34.7. The van der Waals surface area contributed by atoms with Crippen molar-refractivity contribution >= 4 is 43.5 Å². The molecular weight excluding hydrogens is 666 g/mol. The Morgan fingerprint density at radius 1 is 0.848 bits per heavy atom. The van der Waals surface area contributed by atoms with Gasteiger partial charge in [-0.3, -0.25) is 13.9 Å². The van der Waals surface area contributed by atoms with Crippen LogP contribution in [0.4, 0.5) is 5.69 Å². The van der Waals surface area contributed by atoms with Crippen LogP contribution >= 0.6 is 15.9 Å². The molecule has 0 aliphatic rings. The minimum Gasteiger partial charge on any atom is -0.494 e. The summed E-state index contributed by atoms with van der Waals surface area (Å²) in [4.78, 5) is 30.0. The molecule has 0 radical (unpaired) electrons. The molecule has 0 aliphatic carbocycles. The Balaban J connectivity index is 1.79. The summed E-state index contributed by atoms with van der Waals surface area (Å²) in [5.41, 5.74) is 1.41. The maximum atomic E-state index is 14.5. The van der Waals surface area contributed by atoms with E-state index in [1.54, 1.807) is 42.5 Å². The van der Waals surface area contributed by atoms with Gasteiger partial charge in [-0.1, -0.05) is 76.6 Å². The summed E-state index contributed by atoms with van der Waals surface area (Å²) in [7, 11) is -4.21. The highest BCUT2D eigenvalue weighted by molar-refractivity contribution is 9.10. The van der Waals surface area contributed by atoms with Gasteiger partial charge in [0, 0.05) is 23.0 Å². The van der Waals surface area contributed by atoms with Crippen LogP contribution in [-0.2, 0) is 32.6 Å². The lowest BCUT2D eigenvalue weighted by molar-refractivity contribution is -0.140. The molecule has 0 heterocycles. The number of anilines is 1.